The highest BCUT2D eigenvalue weighted by Gasteiger charge is 2.48. The van der Waals surface area contributed by atoms with Crippen LogP contribution in [0.3, 0.4) is 0 Å². The van der Waals surface area contributed by atoms with Gasteiger partial charge in [0.05, 0.1) is 27.2 Å². The molecule has 3 aliphatic carbocycles. The number of benzene rings is 3. The number of hydrogen-bond acceptors (Lipinski definition) is 9. The first-order chi connectivity index (χ1) is 22.2. The first-order valence-corrected chi connectivity index (χ1v) is 16.0. The van der Waals surface area contributed by atoms with Gasteiger partial charge < -0.3 is 34.3 Å². The third kappa shape index (κ3) is 6.38. The summed E-state index contributed by atoms with van der Waals surface area (Å²) in [7, 11) is 3.06. The van der Waals surface area contributed by atoms with Gasteiger partial charge in [0.2, 0.25) is 0 Å². The Morgan fingerprint density at radius 3 is 2.20 bits per heavy atom. The number of aromatic hydroxyl groups is 2. The largest absolute Gasteiger partial charge is 0.504 e. The number of phenols is 2. The Bertz CT molecular complexity index is 1610. The van der Waals surface area contributed by atoms with E-state index in [1.807, 2.05) is 24.3 Å². The molecule has 3 aromatic carbocycles. The molecular weight excluding hydrogens is 588 g/mol. The minimum absolute atomic E-state index is 0.00654. The van der Waals surface area contributed by atoms with Crippen LogP contribution in [0.2, 0.25) is 0 Å². The van der Waals surface area contributed by atoms with E-state index in [1.54, 1.807) is 24.3 Å². The van der Waals surface area contributed by atoms with Crippen molar-refractivity contribution in [3.05, 3.63) is 81.9 Å². The molecule has 0 radical (unpaired) electrons. The lowest BCUT2D eigenvalue weighted by molar-refractivity contribution is -0.161. The number of aliphatic hydroxyl groups is 1. The van der Waals surface area contributed by atoms with Gasteiger partial charge in [-0.3, -0.25) is 9.59 Å². The molecule has 46 heavy (non-hydrogen) atoms. The van der Waals surface area contributed by atoms with Gasteiger partial charge >= 0.3 is 11.9 Å². The van der Waals surface area contributed by atoms with Crippen molar-refractivity contribution in [1.82, 2.24) is 0 Å². The molecule has 6 atom stereocenters. The average molecular weight is 631 g/mol. The molecule has 3 N–H and O–H groups in total. The van der Waals surface area contributed by atoms with Crippen molar-refractivity contribution in [2.75, 3.05) is 14.2 Å². The van der Waals surface area contributed by atoms with Gasteiger partial charge in [-0.1, -0.05) is 24.3 Å². The van der Waals surface area contributed by atoms with Crippen LogP contribution in [-0.4, -0.2) is 53.7 Å². The number of carbonyl (C=O) groups is 2. The number of fused-ring (bicyclic) bond motifs is 6. The molecule has 0 spiro atoms. The second-order valence-corrected chi connectivity index (χ2v) is 12.9. The summed E-state index contributed by atoms with van der Waals surface area (Å²) in [6.45, 7) is 1.30. The second kappa shape index (κ2) is 13.2. The highest BCUT2D eigenvalue weighted by atomic mass is 16.6. The molecule has 6 unspecified atom stereocenters. The Labute approximate surface area is 269 Å². The number of carbonyl (C=O) groups excluding carboxylic acids is 2. The number of rotatable bonds is 7. The van der Waals surface area contributed by atoms with Crippen LogP contribution in [0.4, 0.5) is 0 Å². The number of ether oxygens (including phenoxy) is 4. The minimum atomic E-state index is -0.534. The Morgan fingerprint density at radius 1 is 0.804 bits per heavy atom. The molecule has 3 aliphatic rings. The molecule has 0 aliphatic heterocycles. The average Bonchev–Trinajstić information content (AvgIpc) is 3.02. The fourth-order valence-electron chi connectivity index (χ4n) is 8.30. The summed E-state index contributed by atoms with van der Waals surface area (Å²) >= 11 is 0. The van der Waals surface area contributed by atoms with Crippen molar-refractivity contribution < 1.29 is 43.9 Å². The SMILES string of the molecule is COc1cc2c(cc1O)CC1C(C2)C(OC(C)=O)CC(OC(=O)Cc2cccc(CO)c2)CC2c3cc(OC)c(O)cc3CCC21. The Morgan fingerprint density at radius 2 is 1.48 bits per heavy atom. The summed E-state index contributed by atoms with van der Waals surface area (Å²) in [5.74, 6) is 0.463. The van der Waals surface area contributed by atoms with Crippen LogP contribution in [-0.2, 0) is 51.4 Å². The van der Waals surface area contributed by atoms with Crippen molar-refractivity contribution in [2.24, 2.45) is 17.8 Å². The summed E-state index contributed by atoms with van der Waals surface area (Å²) < 4.78 is 23.2. The molecule has 0 heterocycles. The van der Waals surface area contributed by atoms with Crippen LogP contribution in [0.5, 0.6) is 23.0 Å². The van der Waals surface area contributed by atoms with Crippen molar-refractivity contribution in [3.63, 3.8) is 0 Å². The zero-order valence-electron chi connectivity index (χ0n) is 26.5. The van der Waals surface area contributed by atoms with Crippen LogP contribution in [0.25, 0.3) is 0 Å². The van der Waals surface area contributed by atoms with Crippen LogP contribution in [0, 0.1) is 17.8 Å². The third-order valence-corrected chi connectivity index (χ3v) is 10.2. The highest BCUT2D eigenvalue weighted by molar-refractivity contribution is 5.73. The molecule has 1 saturated carbocycles. The van der Waals surface area contributed by atoms with E-state index in [1.165, 1.54) is 21.1 Å². The number of hydrogen-bond donors (Lipinski definition) is 3. The van der Waals surface area contributed by atoms with Gasteiger partial charge in [-0.25, -0.2) is 0 Å². The number of aliphatic hydroxyl groups excluding tert-OH is 1. The Hall–Kier alpha value is -4.24. The molecule has 6 rings (SSSR count). The van der Waals surface area contributed by atoms with Crippen molar-refractivity contribution in [1.29, 1.82) is 0 Å². The fraction of sp³-hybridized carbons (Fsp3) is 0.459. The second-order valence-electron chi connectivity index (χ2n) is 12.9. The molecule has 1 fully saturated rings. The van der Waals surface area contributed by atoms with Gasteiger partial charge in [0.15, 0.2) is 23.0 Å². The number of phenolic OH excluding ortho intramolecular Hbond substituents is 2. The first-order valence-electron chi connectivity index (χ1n) is 16.0. The maximum atomic E-state index is 13.4. The van der Waals surface area contributed by atoms with Gasteiger partial charge in [-0.15, -0.1) is 0 Å². The van der Waals surface area contributed by atoms with E-state index in [9.17, 15) is 24.9 Å². The summed E-state index contributed by atoms with van der Waals surface area (Å²) in [5.41, 5.74) is 5.71. The number of aryl methyl sites for hydroxylation is 1. The molecule has 244 valence electrons. The standard InChI is InChI=1S/C37H42O9/c1-20(39)45-34-17-26(46-37(42)10-21-5-4-6-22(9-21)19-38)16-30-27(8-7-23-13-32(40)36(44-3)18-28(23)30)29-11-24-14-33(41)35(43-2)15-25(24)12-31(29)34/h4-6,9,13-15,18,26-27,29-31,34,38,40-41H,7-8,10-12,16-17,19H2,1-3H3. The van der Waals surface area contributed by atoms with Crippen LogP contribution < -0.4 is 9.47 Å². The zero-order chi connectivity index (χ0) is 32.5. The van der Waals surface area contributed by atoms with Crippen molar-refractivity contribution in [3.8, 4) is 23.0 Å². The van der Waals surface area contributed by atoms with E-state index < -0.39 is 12.2 Å². The topological polar surface area (TPSA) is 132 Å². The zero-order valence-corrected chi connectivity index (χ0v) is 26.5. The van der Waals surface area contributed by atoms with E-state index in [0.717, 1.165) is 46.2 Å². The maximum absolute atomic E-state index is 13.4. The fourth-order valence-corrected chi connectivity index (χ4v) is 8.30. The molecule has 0 saturated heterocycles. The first kappa shape index (κ1) is 31.7. The van der Waals surface area contributed by atoms with Crippen molar-refractivity contribution >= 4 is 11.9 Å². The van der Waals surface area contributed by atoms with Crippen LogP contribution >= 0.6 is 0 Å². The lowest BCUT2D eigenvalue weighted by Gasteiger charge is -2.49. The monoisotopic (exact) mass is 630 g/mol. The predicted molar refractivity (Wildman–Crippen MR) is 169 cm³/mol. The summed E-state index contributed by atoms with van der Waals surface area (Å²) in [6.07, 6.45) is 2.85. The number of methoxy groups -OCH3 is 2. The summed E-state index contributed by atoms with van der Waals surface area (Å²) in [6, 6.07) is 14.6. The summed E-state index contributed by atoms with van der Waals surface area (Å²) in [5, 5.41) is 30.8. The molecule has 0 aromatic heterocycles. The van der Waals surface area contributed by atoms with Gasteiger partial charge in [-0.05, 0) is 108 Å². The van der Waals surface area contributed by atoms with E-state index in [0.29, 0.717) is 37.2 Å². The van der Waals surface area contributed by atoms with Crippen LogP contribution in [0.1, 0.15) is 65.5 Å². The number of esters is 2. The van der Waals surface area contributed by atoms with Gasteiger partial charge in [0, 0.05) is 19.3 Å². The van der Waals surface area contributed by atoms with E-state index >= 15 is 0 Å². The van der Waals surface area contributed by atoms with E-state index in [4.69, 9.17) is 18.9 Å². The molecule has 9 heteroatoms. The summed E-state index contributed by atoms with van der Waals surface area (Å²) in [4.78, 5) is 25.9. The Balaban J connectivity index is 1.40. The van der Waals surface area contributed by atoms with Crippen molar-refractivity contribution in [2.45, 2.75) is 76.6 Å². The van der Waals surface area contributed by atoms with Gasteiger partial charge in [0.25, 0.3) is 0 Å². The molecule has 0 bridgehead atoms. The van der Waals surface area contributed by atoms with Gasteiger partial charge in [-0.2, -0.15) is 0 Å². The lowest BCUT2D eigenvalue weighted by Crippen LogP contribution is -2.47. The molecule has 9 nitrogen and oxygen atoms in total. The normalized spacial score (nSPS) is 25.0. The predicted octanol–water partition coefficient (Wildman–Crippen LogP) is 5.16. The van der Waals surface area contributed by atoms with E-state index in [-0.39, 0.29) is 60.1 Å². The Kier molecular flexibility index (Phi) is 9.13. The van der Waals surface area contributed by atoms with E-state index in [2.05, 4.69) is 0 Å². The maximum Gasteiger partial charge on any atom is 0.310 e. The van der Waals surface area contributed by atoms with Crippen LogP contribution in [0.15, 0.2) is 48.5 Å². The molecule has 3 aromatic rings. The highest BCUT2D eigenvalue weighted by Crippen LogP contribution is 2.53. The minimum Gasteiger partial charge on any atom is -0.504 e. The smallest absolute Gasteiger partial charge is 0.310 e. The lowest BCUT2D eigenvalue weighted by atomic mass is 9.58. The molecule has 0 amide bonds. The van der Waals surface area contributed by atoms with Gasteiger partial charge in [0.1, 0.15) is 12.2 Å². The quantitative estimate of drug-likeness (QED) is 0.303. The third-order valence-electron chi connectivity index (χ3n) is 10.2. The molecular formula is C37H42O9.